The number of halogens is 3. The minimum Gasteiger partial charge on any atom is -0.385 e. The van der Waals surface area contributed by atoms with Crippen LogP contribution in [0.2, 0.25) is 0 Å². The predicted molar refractivity (Wildman–Crippen MR) is 69.0 cm³/mol. The summed E-state index contributed by atoms with van der Waals surface area (Å²) in [6.07, 6.45) is -1.53. The van der Waals surface area contributed by atoms with Crippen molar-refractivity contribution < 1.29 is 18.3 Å². The van der Waals surface area contributed by atoms with Gasteiger partial charge in [-0.1, -0.05) is 18.2 Å². The maximum absolute atomic E-state index is 13.1. The maximum atomic E-state index is 13.1. The van der Waals surface area contributed by atoms with E-state index in [9.17, 15) is 18.3 Å². The van der Waals surface area contributed by atoms with E-state index >= 15 is 0 Å². The van der Waals surface area contributed by atoms with Crippen LogP contribution < -0.4 is 0 Å². The van der Waals surface area contributed by atoms with Crippen molar-refractivity contribution in [2.45, 2.75) is 48.0 Å². The van der Waals surface area contributed by atoms with E-state index in [-0.39, 0.29) is 5.56 Å². The Morgan fingerprint density at radius 2 is 1.68 bits per heavy atom. The zero-order valence-corrected chi connectivity index (χ0v) is 11.1. The number of alkyl halides is 3. The second kappa shape index (κ2) is 4.42. The first kappa shape index (κ1) is 13.3. The fraction of sp³-hybridized carbons (Fsp3) is 0.571. The number of rotatable bonds is 1. The van der Waals surface area contributed by atoms with Crippen molar-refractivity contribution in [1.82, 2.24) is 0 Å². The number of benzene rings is 1. The van der Waals surface area contributed by atoms with Crippen LogP contribution in [0.5, 0.6) is 0 Å². The average molecular weight is 288 g/mol. The number of hydrogen-bond acceptors (Lipinski definition) is 2. The molecule has 2 heterocycles. The number of fused-ring (bicyclic) bond motifs is 2. The molecule has 2 saturated heterocycles. The molecule has 1 aromatic rings. The van der Waals surface area contributed by atoms with Gasteiger partial charge in [0.1, 0.15) is 0 Å². The van der Waals surface area contributed by atoms with Gasteiger partial charge in [-0.25, -0.2) is 0 Å². The first-order valence-electron chi connectivity index (χ1n) is 6.43. The molecular formula is C14H15F3OS. The molecule has 5 heteroatoms. The molecule has 2 aliphatic heterocycles. The summed E-state index contributed by atoms with van der Waals surface area (Å²) in [6.45, 7) is 0. The molecule has 2 fully saturated rings. The van der Waals surface area contributed by atoms with Crippen LogP contribution in [0.4, 0.5) is 13.2 Å². The first-order valence-corrected chi connectivity index (χ1v) is 7.37. The molecule has 19 heavy (non-hydrogen) atoms. The van der Waals surface area contributed by atoms with E-state index in [1.165, 1.54) is 12.1 Å². The van der Waals surface area contributed by atoms with Gasteiger partial charge in [0.2, 0.25) is 0 Å². The monoisotopic (exact) mass is 288 g/mol. The minimum atomic E-state index is -4.41. The molecule has 2 atom stereocenters. The Labute approximate surface area is 114 Å². The van der Waals surface area contributed by atoms with Gasteiger partial charge in [-0.2, -0.15) is 24.9 Å². The summed E-state index contributed by atoms with van der Waals surface area (Å²) in [4.78, 5) is 0. The topological polar surface area (TPSA) is 20.2 Å². The Hall–Kier alpha value is -0.680. The van der Waals surface area contributed by atoms with Crippen molar-refractivity contribution in [2.24, 2.45) is 0 Å². The fourth-order valence-corrected chi connectivity index (χ4v) is 5.11. The molecule has 104 valence electrons. The van der Waals surface area contributed by atoms with Gasteiger partial charge in [-0.05, 0) is 37.3 Å². The average Bonchev–Trinajstić information content (AvgIpc) is 2.68. The van der Waals surface area contributed by atoms with Crippen LogP contribution in [0.1, 0.15) is 36.8 Å². The lowest BCUT2D eigenvalue weighted by Crippen LogP contribution is -2.36. The lowest BCUT2D eigenvalue weighted by Gasteiger charge is -2.37. The van der Waals surface area contributed by atoms with E-state index in [1.54, 1.807) is 6.07 Å². The summed E-state index contributed by atoms with van der Waals surface area (Å²) < 4.78 is 39.2. The Bertz CT molecular complexity index is 474. The standard InChI is InChI=1S/C14H15F3OS/c15-14(16,17)12-4-2-1-3-11(12)13(18)7-9-5-6-10(8-13)19-9/h1-4,9-10,18H,5-8H2. The quantitative estimate of drug-likeness (QED) is 0.844. The normalized spacial score (nSPS) is 34.5. The van der Waals surface area contributed by atoms with Gasteiger partial charge >= 0.3 is 6.18 Å². The number of thioether (sulfide) groups is 1. The second-order valence-electron chi connectivity index (χ2n) is 5.44. The lowest BCUT2D eigenvalue weighted by atomic mass is 9.83. The molecule has 0 spiro atoms. The lowest BCUT2D eigenvalue weighted by molar-refractivity contribution is -0.141. The number of hydrogen-bond donors (Lipinski definition) is 1. The molecule has 1 N–H and O–H groups in total. The highest BCUT2D eigenvalue weighted by Gasteiger charge is 2.47. The van der Waals surface area contributed by atoms with Crippen molar-refractivity contribution in [3.63, 3.8) is 0 Å². The molecule has 0 aromatic heterocycles. The summed E-state index contributed by atoms with van der Waals surface area (Å²) in [5.74, 6) is 0. The Morgan fingerprint density at radius 3 is 2.26 bits per heavy atom. The summed E-state index contributed by atoms with van der Waals surface area (Å²) in [5, 5.41) is 11.3. The molecule has 0 aliphatic carbocycles. The molecule has 2 aliphatic rings. The SMILES string of the molecule is OC1(c2ccccc2C(F)(F)F)CC2CCC(C1)S2. The van der Waals surface area contributed by atoms with Gasteiger partial charge in [0.25, 0.3) is 0 Å². The molecule has 1 nitrogen and oxygen atoms in total. The molecular weight excluding hydrogens is 273 g/mol. The highest BCUT2D eigenvalue weighted by molar-refractivity contribution is 8.00. The van der Waals surface area contributed by atoms with Crippen molar-refractivity contribution in [3.8, 4) is 0 Å². The molecule has 1 aromatic carbocycles. The maximum Gasteiger partial charge on any atom is 0.416 e. The fourth-order valence-electron chi connectivity index (χ4n) is 3.27. The van der Waals surface area contributed by atoms with Crippen LogP contribution in [0.15, 0.2) is 24.3 Å². The molecule has 0 amide bonds. The van der Waals surface area contributed by atoms with Crippen LogP contribution >= 0.6 is 11.8 Å². The molecule has 2 unspecified atom stereocenters. The van der Waals surface area contributed by atoms with Crippen LogP contribution in [0.25, 0.3) is 0 Å². The van der Waals surface area contributed by atoms with Crippen molar-refractivity contribution in [2.75, 3.05) is 0 Å². The molecule has 0 saturated carbocycles. The van der Waals surface area contributed by atoms with Crippen molar-refractivity contribution >= 4 is 11.8 Å². The Morgan fingerprint density at radius 1 is 1.11 bits per heavy atom. The van der Waals surface area contributed by atoms with Gasteiger partial charge in [0.05, 0.1) is 11.2 Å². The zero-order chi connectivity index (χ0) is 13.7. The molecule has 2 bridgehead atoms. The second-order valence-corrected chi connectivity index (χ2v) is 7.05. The van der Waals surface area contributed by atoms with Gasteiger partial charge < -0.3 is 5.11 Å². The third-order valence-corrected chi connectivity index (χ3v) is 5.63. The van der Waals surface area contributed by atoms with E-state index in [0.29, 0.717) is 23.3 Å². The first-order chi connectivity index (χ1) is 8.88. The van der Waals surface area contributed by atoms with Crippen molar-refractivity contribution in [1.29, 1.82) is 0 Å². The predicted octanol–water partition coefficient (Wildman–Crippen LogP) is 3.95. The van der Waals surface area contributed by atoms with Gasteiger partial charge in [-0.3, -0.25) is 0 Å². The summed E-state index contributed by atoms with van der Waals surface area (Å²) >= 11 is 1.82. The van der Waals surface area contributed by atoms with E-state index in [4.69, 9.17) is 0 Å². The third-order valence-electron chi connectivity index (χ3n) is 4.06. The van der Waals surface area contributed by atoms with E-state index in [1.807, 2.05) is 11.8 Å². The summed E-state index contributed by atoms with van der Waals surface area (Å²) in [7, 11) is 0. The minimum absolute atomic E-state index is 0.0553. The van der Waals surface area contributed by atoms with Crippen LogP contribution in [-0.2, 0) is 11.8 Å². The highest BCUT2D eigenvalue weighted by atomic mass is 32.2. The van der Waals surface area contributed by atoms with Crippen LogP contribution in [0, 0.1) is 0 Å². The summed E-state index contributed by atoms with van der Waals surface area (Å²) in [6, 6.07) is 5.45. The van der Waals surface area contributed by atoms with Gasteiger partial charge in [0.15, 0.2) is 0 Å². The highest BCUT2D eigenvalue weighted by Crippen LogP contribution is 2.52. The molecule has 0 radical (unpaired) electrons. The van der Waals surface area contributed by atoms with E-state index in [0.717, 1.165) is 18.9 Å². The van der Waals surface area contributed by atoms with Gasteiger partial charge in [0, 0.05) is 10.5 Å². The van der Waals surface area contributed by atoms with Gasteiger partial charge in [-0.15, -0.1) is 0 Å². The van der Waals surface area contributed by atoms with Crippen LogP contribution in [0.3, 0.4) is 0 Å². The summed E-state index contributed by atoms with van der Waals surface area (Å²) in [5.41, 5.74) is -1.95. The van der Waals surface area contributed by atoms with Crippen molar-refractivity contribution in [3.05, 3.63) is 35.4 Å². The molecule has 3 rings (SSSR count). The van der Waals surface area contributed by atoms with E-state index in [2.05, 4.69) is 0 Å². The Balaban J connectivity index is 2.02. The third kappa shape index (κ3) is 2.38. The zero-order valence-electron chi connectivity index (χ0n) is 10.3. The largest absolute Gasteiger partial charge is 0.416 e. The Kier molecular flexibility index (Phi) is 3.09. The van der Waals surface area contributed by atoms with Crippen LogP contribution in [-0.4, -0.2) is 15.6 Å². The smallest absolute Gasteiger partial charge is 0.385 e. The van der Waals surface area contributed by atoms with E-state index < -0.39 is 17.3 Å². The number of aliphatic hydroxyl groups is 1.